The van der Waals surface area contributed by atoms with Crippen LogP contribution in [0.1, 0.15) is 30.5 Å². The second kappa shape index (κ2) is 6.55. The van der Waals surface area contributed by atoms with Gasteiger partial charge in [-0.25, -0.2) is 0 Å². The molecule has 0 aliphatic rings. The van der Waals surface area contributed by atoms with Crippen molar-refractivity contribution in [3.8, 4) is 0 Å². The average molecular weight is 248 g/mol. The van der Waals surface area contributed by atoms with Gasteiger partial charge in [0.2, 0.25) is 5.91 Å². The standard InChI is InChI=1S/C15H24N2O/c1-10(2)14(16)9-17-15(18)8-13-7-11(3)5-6-12(13)4/h5-7,10,14H,8-9,16H2,1-4H3,(H,17,18). The van der Waals surface area contributed by atoms with Crippen molar-refractivity contribution in [2.24, 2.45) is 11.7 Å². The molecule has 0 spiro atoms. The van der Waals surface area contributed by atoms with E-state index < -0.39 is 0 Å². The van der Waals surface area contributed by atoms with Gasteiger partial charge in [0.1, 0.15) is 0 Å². The predicted molar refractivity (Wildman–Crippen MR) is 75.4 cm³/mol. The third kappa shape index (κ3) is 4.49. The van der Waals surface area contributed by atoms with Gasteiger partial charge in [0, 0.05) is 12.6 Å². The Balaban J connectivity index is 2.52. The van der Waals surface area contributed by atoms with Gasteiger partial charge in [-0.3, -0.25) is 4.79 Å². The van der Waals surface area contributed by atoms with Crippen LogP contribution in [-0.4, -0.2) is 18.5 Å². The van der Waals surface area contributed by atoms with E-state index in [0.29, 0.717) is 18.9 Å². The van der Waals surface area contributed by atoms with E-state index in [1.165, 1.54) is 5.56 Å². The minimum Gasteiger partial charge on any atom is -0.354 e. The van der Waals surface area contributed by atoms with Crippen LogP contribution in [0.2, 0.25) is 0 Å². The lowest BCUT2D eigenvalue weighted by Crippen LogP contribution is -2.40. The van der Waals surface area contributed by atoms with Crippen molar-refractivity contribution in [3.05, 3.63) is 34.9 Å². The SMILES string of the molecule is Cc1ccc(C)c(CC(=O)NCC(N)C(C)C)c1. The fourth-order valence-corrected chi connectivity index (χ4v) is 1.69. The highest BCUT2D eigenvalue weighted by atomic mass is 16.1. The van der Waals surface area contributed by atoms with Crippen molar-refractivity contribution < 1.29 is 4.79 Å². The quantitative estimate of drug-likeness (QED) is 0.836. The molecule has 0 saturated carbocycles. The van der Waals surface area contributed by atoms with Gasteiger partial charge in [-0.1, -0.05) is 37.6 Å². The zero-order valence-corrected chi connectivity index (χ0v) is 11.8. The lowest BCUT2D eigenvalue weighted by molar-refractivity contribution is -0.120. The summed E-state index contributed by atoms with van der Waals surface area (Å²) >= 11 is 0. The molecular weight excluding hydrogens is 224 g/mol. The zero-order chi connectivity index (χ0) is 13.7. The number of amides is 1. The second-order valence-electron chi connectivity index (χ2n) is 5.32. The van der Waals surface area contributed by atoms with Gasteiger partial charge in [-0.05, 0) is 30.9 Å². The van der Waals surface area contributed by atoms with Crippen LogP contribution < -0.4 is 11.1 Å². The summed E-state index contributed by atoms with van der Waals surface area (Å²) in [4.78, 5) is 11.8. The maximum atomic E-state index is 11.8. The van der Waals surface area contributed by atoms with E-state index in [-0.39, 0.29) is 11.9 Å². The van der Waals surface area contributed by atoms with Gasteiger partial charge < -0.3 is 11.1 Å². The number of carbonyl (C=O) groups is 1. The molecule has 0 aliphatic heterocycles. The Morgan fingerprint density at radius 1 is 1.33 bits per heavy atom. The van der Waals surface area contributed by atoms with E-state index in [1.807, 2.05) is 13.8 Å². The summed E-state index contributed by atoms with van der Waals surface area (Å²) in [5, 5.41) is 2.89. The summed E-state index contributed by atoms with van der Waals surface area (Å²) in [6, 6.07) is 6.20. The number of carbonyl (C=O) groups excluding carboxylic acids is 1. The van der Waals surface area contributed by atoms with Gasteiger partial charge in [-0.2, -0.15) is 0 Å². The van der Waals surface area contributed by atoms with Gasteiger partial charge in [0.05, 0.1) is 6.42 Å². The second-order valence-corrected chi connectivity index (χ2v) is 5.32. The topological polar surface area (TPSA) is 55.1 Å². The molecule has 0 aromatic heterocycles. The molecule has 0 radical (unpaired) electrons. The summed E-state index contributed by atoms with van der Waals surface area (Å²) < 4.78 is 0. The first-order valence-electron chi connectivity index (χ1n) is 6.48. The lowest BCUT2D eigenvalue weighted by atomic mass is 10.0. The van der Waals surface area contributed by atoms with Crippen molar-refractivity contribution in [1.29, 1.82) is 0 Å². The number of rotatable bonds is 5. The summed E-state index contributed by atoms with van der Waals surface area (Å²) in [6.45, 7) is 8.72. The van der Waals surface area contributed by atoms with Crippen molar-refractivity contribution in [1.82, 2.24) is 5.32 Å². The fraction of sp³-hybridized carbons (Fsp3) is 0.533. The number of benzene rings is 1. The number of hydrogen-bond donors (Lipinski definition) is 2. The van der Waals surface area contributed by atoms with Crippen LogP contribution in [0.5, 0.6) is 0 Å². The van der Waals surface area contributed by atoms with Gasteiger partial charge >= 0.3 is 0 Å². The molecule has 0 fully saturated rings. The van der Waals surface area contributed by atoms with E-state index in [2.05, 4.69) is 37.4 Å². The number of nitrogens with two attached hydrogens (primary N) is 1. The first-order valence-corrected chi connectivity index (χ1v) is 6.48. The first kappa shape index (κ1) is 14.7. The highest BCUT2D eigenvalue weighted by molar-refractivity contribution is 5.79. The predicted octanol–water partition coefficient (Wildman–Crippen LogP) is 1.95. The van der Waals surface area contributed by atoms with Crippen LogP contribution in [0.4, 0.5) is 0 Å². The zero-order valence-electron chi connectivity index (χ0n) is 11.8. The van der Waals surface area contributed by atoms with E-state index in [1.54, 1.807) is 0 Å². The van der Waals surface area contributed by atoms with Crippen LogP contribution >= 0.6 is 0 Å². The Bertz CT molecular complexity index is 413. The Morgan fingerprint density at radius 2 is 2.00 bits per heavy atom. The molecule has 1 unspecified atom stereocenters. The molecule has 0 heterocycles. The van der Waals surface area contributed by atoms with Gasteiger partial charge in [-0.15, -0.1) is 0 Å². The van der Waals surface area contributed by atoms with Crippen molar-refractivity contribution in [2.75, 3.05) is 6.54 Å². The maximum Gasteiger partial charge on any atom is 0.224 e. The molecule has 1 aromatic rings. The molecule has 0 aliphatic carbocycles. The molecule has 18 heavy (non-hydrogen) atoms. The Morgan fingerprint density at radius 3 is 2.61 bits per heavy atom. The van der Waals surface area contributed by atoms with E-state index in [9.17, 15) is 4.79 Å². The van der Waals surface area contributed by atoms with Crippen LogP contribution in [0, 0.1) is 19.8 Å². The Hall–Kier alpha value is -1.35. The number of nitrogens with one attached hydrogen (secondary N) is 1. The average Bonchev–Trinajstić information content (AvgIpc) is 2.30. The van der Waals surface area contributed by atoms with Crippen molar-refractivity contribution >= 4 is 5.91 Å². The van der Waals surface area contributed by atoms with E-state index in [4.69, 9.17) is 5.73 Å². The third-order valence-corrected chi connectivity index (χ3v) is 3.25. The highest BCUT2D eigenvalue weighted by Gasteiger charge is 2.10. The van der Waals surface area contributed by atoms with Crippen LogP contribution in [0.15, 0.2) is 18.2 Å². The molecule has 1 aromatic carbocycles. The third-order valence-electron chi connectivity index (χ3n) is 3.25. The Labute approximate surface area is 110 Å². The summed E-state index contributed by atoms with van der Waals surface area (Å²) in [6.07, 6.45) is 0.429. The molecule has 1 rings (SSSR count). The summed E-state index contributed by atoms with van der Waals surface area (Å²) in [7, 11) is 0. The summed E-state index contributed by atoms with van der Waals surface area (Å²) in [5.41, 5.74) is 9.33. The lowest BCUT2D eigenvalue weighted by Gasteiger charge is -2.16. The molecule has 3 heteroatoms. The molecule has 1 amide bonds. The van der Waals surface area contributed by atoms with Gasteiger partial charge in [0.15, 0.2) is 0 Å². The largest absolute Gasteiger partial charge is 0.354 e. The molecule has 1 atom stereocenters. The van der Waals surface area contributed by atoms with Crippen molar-refractivity contribution in [2.45, 2.75) is 40.2 Å². The van der Waals surface area contributed by atoms with Crippen LogP contribution in [0.3, 0.4) is 0 Å². The molecule has 100 valence electrons. The summed E-state index contributed by atoms with van der Waals surface area (Å²) in [5.74, 6) is 0.422. The number of hydrogen-bond acceptors (Lipinski definition) is 2. The molecule has 3 N–H and O–H groups in total. The van der Waals surface area contributed by atoms with E-state index >= 15 is 0 Å². The molecule has 0 bridgehead atoms. The minimum absolute atomic E-state index is 0.0209. The Kier molecular flexibility index (Phi) is 5.35. The normalized spacial score (nSPS) is 12.6. The van der Waals surface area contributed by atoms with Crippen LogP contribution in [0.25, 0.3) is 0 Å². The number of aryl methyl sites for hydroxylation is 2. The van der Waals surface area contributed by atoms with Gasteiger partial charge in [0.25, 0.3) is 0 Å². The highest BCUT2D eigenvalue weighted by Crippen LogP contribution is 2.11. The first-order chi connectivity index (χ1) is 8.40. The maximum absolute atomic E-state index is 11.8. The smallest absolute Gasteiger partial charge is 0.224 e. The molecule has 3 nitrogen and oxygen atoms in total. The monoisotopic (exact) mass is 248 g/mol. The minimum atomic E-state index is 0.0209. The fourth-order valence-electron chi connectivity index (χ4n) is 1.69. The van der Waals surface area contributed by atoms with Crippen LogP contribution in [-0.2, 0) is 11.2 Å². The van der Waals surface area contributed by atoms with Crippen molar-refractivity contribution in [3.63, 3.8) is 0 Å². The molecule has 0 saturated heterocycles. The van der Waals surface area contributed by atoms with E-state index in [0.717, 1.165) is 11.1 Å². The molecular formula is C15H24N2O.